The van der Waals surface area contributed by atoms with Crippen LogP contribution in [0, 0.1) is 0 Å². The molecule has 0 atom stereocenters. The van der Waals surface area contributed by atoms with Crippen LogP contribution in [0.2, 0.25) is 6.55 Å². The summed E-state index contributed by atoms with van der Waals surface area (Å²) in [6.07, 6.45) is 0. The van der Waals surface area contributed by atoms with Gasteiger partial charge in [0.1, 0.15) is 8.80 Å². The van der Waals surface area contributed by atoms with Gasteiger partial charge in [0, 0.05) is 0 Å². The van der Waals surface area contributed by atoms with Gasteiger partial charge in [-0.1, -0.05) is 54.7 Å². The van der Waals surface area contributed by atoms with E-state index in [9.17, 15) is 0 Å². The van der Waals surface area contributed by atoms with E-state index in [1.807, 2.05) is 0 Å². The normalized spacial score (nSPS) is 10.7. The first-order valence-electron chi connectivity index (χ1n) is 4.77. The molecule has 0 spiro atoms. The van der Waals surface area contributed by atoms with E-state index in [4.69, 9.17) is 0 Å². The van der Waals surface area contributed by atoms with Gasteiger partial charge < -0.3 is 0 Å². The third-order valence-corrected chi connectivity index (χ3v) is 4.42. The topological polar surface area (TPSA) is 0 Å². The SMILES string of the molecule is C=C[Si](C)c1cccc2ccccc12. The summed E-state index contributed by atoms with van der Waals surface area (Å²) in [6.45, 7) is 6.17. The van der Waals surface area contributed by atoms with Crippen LogP contribution in [0.3, 0.4) is 0 Å². The molecule has 69 valence electrons. The number of rotatable bonds is 2. The molecule has 0 saturated carbocycles. The maximum absolute atomic E-state index is 3.89. The lowest BCUT2D eigenvalue weighted by atomic mass is 10.1. The van der Waals surface area contributed by atoms with Crippen LogP contribution in [0.4, 0.5) is 0 Å². The van der Waals surface area contributed by atoms with Crippen molar-refractivity contribution in [2.75, 3.05) is 0 Å². The van der Waals surface area contributed by atoms with Crippen LogP contribution in [0.25, 0.3) is 10.8 Å². The monoisotopic (exact) mass is 197 g/mol. The van der Waals surface area contributed by atoms with Crippen molar-refractivity contribution in [1.82, 2.24) is 0 Å². The standard InChI is InChI=1S/C13H13Si/c1-3-14(2)13-10-6-8-11-7-4-5-9-12(11)13/h3-10H,1H2,2H3. The molecule has 0 N–H and O–H groups in total. The van der Waals surface area contributed by atoms with Gasteiger partial charge >= 0.3 is 0 Å². The first-order chi connectivity index (χ1) is 6.83. The van der Waals surface area contributed by atoms with Crippen molar-refractivity contribution >= 4 is 24.8 Å². The number of hydrogen-bond donors (Lipinski definition) is 0. The largest absolute Gasteiger partial charge is 0.109 e. The van der Waals surface area contributed by atoms with E-state index in [0.717, 1.165) is 0 Å². The minimum absolute atomic E-state index is 0.568. The fraction of sp³-hybridized carbons (Fsp3) is 0.0769. The Balaban J connectivity index is 2.70. The van der Waals surface area contributed by atoms with Gasteiger partial charge in [0.2, 0.25) is 0 Å². The summed E-state index contributed by atoms with van der Waals surface area (Å²) in [4.78, 5) is 0. The second-order valence-corrected chi connectivity index (χ2v) is 5.73. The number of benzene rings is 2. The Bertz CT molecular complexity index is 454. The lowest BCUT2D eigenvalue weighted by Gasteiger charge is -2.08. The van der Waals surface area contributed by atoms with Crippen LogP contribution in [0.15, 0.2) is 54.7 Å². The molecule has 0 bridgehead atoms. The van der Waals surface area contributed by atoms with Gasteiger partial charge in [-0.2, -0.15) is 0 Å². The number of hydrogen-bond acceptors (Lipinski definition) is 0. The molecule has 0 heterocycles. The zero-order valence-electron chi connectivity index (χ0n) is 8.33. The molecule has 0 amide bonds. The van der Waals surface area contributed by atoms with Gasteiger partial charge in [0.15, 0.2) is 0 Å². The highest BCUT2D eigenvalue weighted by atomic mass is 28.3. The van der Waals surface area contributed by atoms with Gasteiger partial charge in [-0.25, -0.2) is 0 Å². The summed E-state index contributed by atoms with van der Waals surface area (Å²) in [6, 6.07) is 15.1. The molecule has 2 rings (SSSR count). The average Bonchev–Trinajstić information content (AvgIpc) is 2.27. The second kappa shape index (κ2) is 3.80. The minimum atomic E-state index is -0.568. The minimum Gasteiger partial charge on any atom is -0.107 e. The van der Waals surface area contributed by atoms with Crippen LogP contribution in [0.5, 0.6) is 0 Å². The van der Waals surface area contributed by atoms with E-state index >= 15 is 0 Å². The van der Waals surface area contributed by atoms with Crippen LogP contribution in [-0.2, 0) is 0 Å². The van der Waals surface area contributed by atoms with Crippen molar-refractivity contribution in [2.24, 2.45) is 0 Å². The lowest BCUT2D eigenvalue weighted by molar-refractivity contribution is 1.77. The van der Waals surface area contributed by atoms with Crippen molar-refractivity contribution in [3.05, 3.63) is 54.7 Å². The Labute approximate surface area is 86.5 Å². The predicted molar refractivity (Wildman–Crippen MR) is 65.4 cm³/mol. The molecular formula is C13H13Si. The van der Waals surface area contributed by atoms with Gasteiger partial charge in [-0.05, 0) is 16.0 Å². The fourth-order valence-corrected chi connectivity index (χ4v) is 2.91. The van der Waals surface area contributed by atoms with E-state index in [1.54, 1.807) is 0 Å². The summed E-state index contributed by atoms with van der Waals surface area (Å²) in [5.74, 6) is 0. The zero-order valence-corrected chi connectivity index (χ0v) is 9.33. The molecule has 1 heteroatoms. The summed E-state index contributed by atoms with van der Waals surface area (Å²) in [5.41, 5.74) is 2.09. The first-order valence-corrected chi connectivity index (χ1v) is 6.85. The van der Waals surface area contributed by atoms with E-state index < -0.39 is 8.80 Å². The maximum atomic E-state index is 3.89. The van der Waals surface area contributed by atoms with Crippen molar-refractivity contribution in [3.8, 4) is 0 Å². The molecule has 0 aromatic heterocycles. The Morgan fingerprint density at radius 2 is 1.79 bits per heavy atom. The molecule has 2 aromatic rings. The number of fused-ring (bicyclic) bond motifs is 1. The van der Waals surface area contributed by atoms with Gasteiger partial charge in [0.05, 0.1) is 0 Å². The third kappa shape index (κ3) is 1.51. The first kappa shape index (κ1) is 9.22. The van der Waals surface area contributed by atoms with E-state index in [0.29, 0.717) is 0 Å². The summed E-state index contributed by atoms with van der Waals surface area (Å²) in [7, 11) is -0.568. The highest BCUT2D eigenvalue weighted by Crippen LogP contribution is 2.11. The molecule has 0 nitrogen and oxygen atoms in total. The van der Waals surface area contributed by atoms with Crippen LogP contribution in [0.1, 0.15) is 0 Å². The molecule has 0 unspecified atom stereocenters. The van der Waals surface area contributed by atoms with Crippen molar-refractivity contribution in [2.45, 2.75) is 6.55 Å². The van der Waals surface area contributed by atoms with E-state index in [1.165, 1.54) is 16.0 Å². The smallest absolute Gasteiger partial charge is 0.107 e. The zero-order chi connectivity index (χ0) is 9.97. The highest BCUT2D eigenvalue weighted by Gasteiger charge is 2.06. The molecule has 14 heavy (non-hydrogen) atoms. The van der Waals surface area contributed by atoms with Crippen LogP contribution in [-0.4, -0.2) is 8.80 Å². The van der Waals surface area contributed by atoms with Crippen LogP contribution < -0.4 is 5.19 Å². The quantitative estimate of drug-likeness (QED) is 0.649. The Hall–Kier alpha value is -1.34. The molecule has 0 aliphatic heterocycles. The Morgan fingerprint density at radius 1 is 1.07 bits per heavy atom. The Kier molecular flexibility index (Phi) is 2.51. The molecule has 1 radical (unpaired) electrons. The maximum Gasteiger partial charge on any atom is 0.109 e. The summed E-state index contributed by atoms with van der Waals surface area (Å²) >= 11 is 0. The lowest BCUT2D eigenvalue weighted by Crippen LogP contribution is -2.24. The molecule has 0 fully saturated rings. The molecular weight excluding hydrogens is 184 g/mol. The van der Waals surface area contributed by atoms with E-state index in [-0.39, 0.29) is 0 Å². The average molecular weight is 197 g/mol. The van der Waals surface area contributed by atoms with E-state index in [2.05, 4.69) is 61.3 Å². The third-order valence-electron chi connectivity index (χ3n) is 2.52. The van der Waals surface area contributed by atoms with Gasteiger partial charge in [-0.3, -0.25) is 0 Å². The predicted octanol–water partition coefficient (Wildman–Crippen LogP) is 2.90. The van der Waals surface area contributed by atoms with Crippen molar-refractivity contribution in [1.29, 1.82) is 0 Å². The summed E-state index contributed by atoms with van der Waals surface area (Å²) < 4.78 is 0. The molecule has 0 aliphatic rings. The highest BCUT2D eigenvalue weighted by molar-refractivity contribution is 6.78. The molecule has 0 saturated heterocycles. The second-order valence-electron chi connectivity index (χ2n) is 3.41. The van der Waals surface area contributed by atoms with Crippen molar-refractivity contribution < 1.29 is 0 Å². The molecule has 2 aromatic carbocycles. The van der Waals surface area contributed by atoms with Crippen LogP contribution >= 0.6 is 0 Å². The van der Waals surface area contributed by atoms with Crippen molar-refractivity contribution in [3.63, 3.8) is 0 Å². The summed E-state index contributed by atoms with van der Waals surface area (Å²) in [5, 5.41) is 4.17. The molecule has 0 aliphatic carbocycles. The Morgan fingerprint density at radius 3 is 2.57 bits per heavy atom. The van der Waals surface area contributed by atoms with Gasteiger partial charge in [0.25, 0.3) is 0 Å². The fourth-order valence-electron chi connectivity index (χ4n) is 1.68. The van der Waals surface area contributed by atoms with Gasteiger partial charge in [-0.15, -0.1) is 6.58 Å².